The molecule has 0 fully saturated rings. The smallest absolute Gasteiger partial charge is 0.127 e. The van der Waals surface area contributed by atoms with Gasteiger partial charge in [-0.15, -0.1) is 0 Å². The van der Waals surface area contributed by atoms with E-state index >= 15 is 0 Å². The van der Waals surface area contributed by atoms with Gasteiger partial charge in [0.1, 0.15) is 12.4 Å². The van der Waals surface area contributed by atoms with Crippen molar-refractivity contribution in [3.05, 3.63) is 90.0 Å². The molecular formula is C22H22O. The molecule has 0 aliphatic rings. The summed E-state index contributed by atoms with van der Waals surface area (Å²) in [5.74, 6) is 1.45. The maximum atomic E-state index is 6.08. The molecule has 0 bridgehead atoms. The summed E-state index contributed by atoms with van der Waals surface area (Å²) in [5, 5.41) is 0. The summed E-state index contributed by atoms with van der Waals surface area (Å²) in [6.07, 6.45) is 0. The number of hydrogen-bond donors (Lipinski definition) is 0. The minimum absolute atomic E-state index is 0.521. The zero-order valence-corrected chi connectivity index (χ0v) is 13.7. The number of rotatable bonds is 5. The van der Waals surface area contributed by atoms with Crippen molar-refractivity contribution in [2.24, 2.45) is 0 Å². The fourth-order valence-electron chi connectivity index (χ4n) is 2.63. The Morgan fingerprint density at radius 2 is 1.52 bits per heavy atom. The number of hydrogen-bond acceptors (Lipinski definition) is 1. The molecule has 0 radical (unpaired) electrons. The van der Waals surface area contributed by atoms with Crippen LogP contribution in [0, 0.1) is 0 Å². The Hall–Kier alpha value is -2.54. The highest BCUT2D eigenvalue weighted by Crippen LogP contribution is 2.32. The molecule has 0 heterocycles. The van der Waals surface area contributed by atoms with Gasteiger partial charge in [-0.3, -0.25) is 0 Å². The van der Waals surface area contributed by atoms with Crippen LogP contribution in [0.15, 0.2) is 78.9 Å². The Kier molecular flexibility index (Phi) is 4.77. The van der Waals surface area contributed by atoms with Crippen molar-refractivity contribution in [3.63, 3.8) is 0 Å². The summed E-state index contributed by atoms with van der Waals surface area (Å²) < 4.78 is 6.08. The lowest BCUT2D eigenvalue weighted by Gasteiger charge is -2.13. The van der Waals surface area contributed by atoms with E-state index in [1.54, 1.807) is 0 Å². The summed E-state index contributed by atoms with van der Waals surface area (Å²) in [6.45, 7) is 5.02. The molecule has 0 amide bonds. The van der Waals surface area contributed by atoms with E-state index in [4.69, 9.17) is 4.74 Å². The van der Waals surface area contributed by atoms with Crippen molar-refractivity contribution >= 4 is 0 Å². The van der Waals surface area contributed by atoms with E-state index in [1.165, 1.54) is 16.7 Å². The first-order valence-electron chi connectivity index (χ1n) is 8.10. The van der Waals surface area contributed by atoms with E-state index in [0.717, 1.165) is 11.3 Å². The summed E-state index contributed by atoms with van der Waals surface area (Å²) in [6, 6.07) is 27.2. The largest absolute Gasteiger partial charge is 0.488 e. The third-order valence-corrected chi connectivity index (χ3v) is 3.99. The molecule has 0 atom stereocenters. The van der Waals surface area contributed by atoms with Gasteiger partial charge < -0.3 is 4.74 Å². The van der Waals surface area contributed by atoms with E-state index in [1.807, 2.05) is 30.3 Å². The van der Waals surface area contributed by atoms with Gasteiger partial charge in [0.15, 0.2) is 0 Å². The van der Waals surface area contributed by atoms with E-state index in [-0.39, 0.29) is 0 Å². The highest BCUT2D eigenvalue weighted by atomic mass is 16.5. The van der Waals surface area contributed by atoms with Gasteiger partial charge >= 0.3 is 0 Å². The highest BCUT2D eigenvalue weighted by molar-refractivity contribution is 5.71. The number of para-hydroxylation sites is 1. The molecule has 116 valence electrons. The van der Waals surface area contributed by atoms with Crippen LogP contribution in [0.3, 0.4) is 0 Å². The monoisotopic (exact) mass is 302 g/mol. The standard InChI is InChI=1S/C22H22O/c1-17(2)19-11-8-12-20(15-19)21-13-6-7-14-22(21)23-16-18-9-4-3-5-10-18/h3-15,17H,16H2,1-2H3. The lowest BCUT2D eigenvalue weighted by molar-refractivity contribution is 0.307. The molecule has 0 aromatic heterocycles. The Labute approximate surface area is 138 Å². The second-order valence-electron chi connectivity index (χ2n) is 6.05. The maximum absolute atomic E-state index is 6.08. The van der Waals surface area contributed by atoms with E-state index in [2.05, 4.69) is 62.4 Å². The van der Waals surface area contributed by atoms with Gasteiger partial charge in [-0.05, 0) is 28.7 Å². The van der Waals surface area contributed by atoms with Crippen LogP contribution in [0.2, 0.25) is 0 Å². The van der Waals surface area contributed by atoms with Crippen LogP contribution in [0.4, 0.5) is 0 Å². The van der Waals surface area contributed by atoms with Crippen LogP contribution in [0.25, 0.3) is 11.1 Å². The molecular weight excluding hydrogens is 280 g/mol. The zero-order chi connectivity index (χ0) is 16.1. The van der Waals surface area contributed by atoms with Crippen molar-refractivity contribution < 1.29 is 4.74 Å². The fourth-order valence-corrected chi connectivity index (χ4v) is 2.63. The van der Waals surface area contributed by atoms with Crippen LogP contribution in [0.5, 0.6) is 5.75 Å². The summed E-state index contributed by atoms with van der Waals surface area (Å²) in [4.78, 5) is 0. The fraction of sp³-hybridized carbons (Fsp3) is 0.182. The molecule has 3 aromatic rings. The van der Waals surface area contributed by atoms with Crippen molar-refractivity contribution in [1.82, 2.24) is 0 Å². The number of ether oxygens (including phenoxy) is 1. The van der Waals surface area contributed by atoms with Gasteiger partial charge in [-0.1, -0.05) is 86.6 Å². The molecule has 1 nitrogen and oxygen atoms in total. The second-order valence-corrected chi connectivity index (χ2v) is 6.05. The Balaban J connectivity index is 1.87. The SMILES string of the molecule is CC(C)c1cccc(-c2ccccc2OCc2ccccc2)c1. The Morgan fingerprint density at radius 1 is 0.783 bits per heavy atom. The van der Waals surface area contributed by atoms with Crippen LogP contribution in [-0.2, 0) is 6.61 Å². The minimum Gasteiger partial charge on any atom is -0.488 e. The molecule has 0 saturated carbocycles. The van der Waals surface area contributed by atoms with Gasteiger partial charge in [0.05, 0.1) is 0 Å². The molecule has 3 rings (SSSR count). The zero-order valence-electron chi connectivity index (χ0n) is 13.7. The normalized spacial score (nSPS) is 10.7. The summed E-state index contributed by atoms with van der Waals surface area (Å²) >= 11 is 0. The third kappa shape index (κ3) is 3.81. The first-order chi connectivity index (χ1) is 11.2. The van der Waals surface area contributed by atoms with Gasteiger partial charge in [0.25, 0.3) is 0 Å². The van der Waals surface area contributed by atoms with Crippen molar-refractivity contribution in [2.45, 2.75) is 26.4 Å². The molecule has 0 unspecified atom stereocenters. The average Bonchev–Trinajstić information content (AvgIpc) is 2.61. The van der Waals surface area contributed by atoms with Crippen LogP contribution in [0.1, 0.15) is 30.9 Å². The van der Waals surface area contributed by atoms with E-state index in [0.29, 0.717) is 12.5 Å². The van der Waals surface area contributed by atoms with Gasteiger partial charge in [0, 0.05) is 5.56 Å². The Bertz CT molecular complexity index is 760. The predicted molar refractivity (Wildman–Crippen MR) is 96.7 cm³/mol. The molecule has 3 aromatic carbocycles. The van der Waals surface area contributed by atoms with Crippen LogP contribution < -0.4 is 4.74 Å². The highest BCUT2D eigenvalue weighted by Gasteiger charge is 2.08. The Morgan fingerprint density at radius 3 is 2.30 bits per heavy atom. The quantitative estimate of drug-likeness (QED) is 0.557. The maximum Gasteiger partial charge on any atom is 0.127 e. The molecule has 0 aliphatic carbocycles. The molecule has 0 spiro atoms. The van der Waals surface area contributed by atoms with Gasteiger partial charge in [0.2, 0.25) is 0 Å². The topological polar surface area (TPSA) is 9.23 Å². The lowest BCUT2D eigenvalue weighted by atomic mass is 9.97. The van der Waals surface area contributed by atoms with Crippen LogP contribution in [-0.4, -0.2) is 0 Å². The van der Waals surface area contributed by atoms with E-state index < -0.39 is 0 Å². The molecule has 0 aliphatic heterocycles. The molecule has 0 N–H and O–H groups in total. The average molecular weight is 302 g/mol. The van der Waals surface area contributed by atoms with Gasteiger partial charge in [-0.2, -0.15) is 0 Å². The molecule has 23 heavy (non-hydrogen) atoms. The van der Waals surface area contributed by atoms with Gasteiger partial charge in [-0.25, -0.2) is 0 Å². The third-order valence-electron chi connectivity index (χ3n) is 3.99. The molecule has 1 heteroatoms. The van der Waals surface area contributed by atoms with Crippen molar-refractivity contribution in [3.8, 4) is 16.9 Å². The van der Waals surface area contributed by atoms with Crippen molar-refractivity contribution in [2.75, 3.05) is 0 Å². The summed E-state index contributed by atoms with van der Waals surface area (Å²) in [5.41, 5.74) is 4.88. The summed E-state index contributed by atoms with van der Waals surface area (Å²) in [7, 11) is 0. The second kappa shape index (κ2) is 7.15. The van der Waals surface area contributed by atoms with Crippen LogP contribution >= 0.6 is 0 Å². The van der Waals surface area contributed by atoms with Crippen molar-refractivity contribution in [1.29, 1.82) is 0 Å². The number of benzene rings is 3. The first kappa shape index (κ1) is 15.4. The van der Waals surface area contributed by atoms with E-state index in [9.17, 15) is 0 Å². The molecule has 0 saturated heterocycles. The predicted octanol–water partition coefficient (Wildman–Crippen LogP) is 6.06. The lowest BCUT2D eigenvalue weighted by Crippen LogP contribution is -1.97. The first-order valence-corrected chi connectivity index (χ1v) is 8.10. The minimum atomic E-state index is 0.521.